The number of carbonyl (C=O) groups excluding carboxylic acids is 1. The second-order valence-corrected chi connectivity index (χ2v) is 4.16. The lowest BCUT2D eigenvalue weighted by Crippen LogP contribution is -2.35. The maximum Gasteiger partial charge on any atom is 0.419 e. The van der Waals surface area contributed by atoms with Crippen LogP contribution < -0.4 is 10.1 Å². The number of benzene rings is 1. The highest BCUT2D eigenvalue weighted by molar-refractivity contribution is 5.77. The summed E-state index contributed by atoms with van der Waals surface area (Å²) in [6, 6.07) is 4.78. The first-order valence-corrected chi connectivity index (χ1v) is 5.93. The first-order chi connectivity index (χ1) is 8.84. The van der Waals surface area contributed by atoms with Gasteiger partial charge in [0.15, 0.2) is 6.61 Å². The number of carbonyl (C=O) groups is 1. The van der Waals surface area contributed by atoms with Crippen LogP contribution in [0.15, 0.2) is 24.3 Å². The molecule has 19 heavy (non-hydrogen) atoms. The van der Waals surface area contributed by atoms with Gasteiger partial charge in [-0.3, -0.25) is 4.79 Å². The summed E-state index contributed by atoms with van der Waals surface area (Å²) < 4.78 is 42.9. The zero-order valence-corrected chi connectivity index (χ0v) is 10.8. The van der Waals surface area contributed by atoms with Crippen molar-refractivity contribution < 1.29 is 22.7 Å². The predicted octanol–water partition coefficient (Wildman–Crippen LogP) is 3.00. The number of ether oxygens (including phenoxy) is 1. The van der Waals surface area contributed by atoms with Gasteiger partial charge in [-0.25, -0.2) is 0 Å². The lowest BCUT2D eigenvalue weighted by atomic mass is 10.2. The smallest absolute Gasteiger partial charge is 0.419 e. The van der Waals surface area contributed by atoms with Crippen LogP contribution in [0.4, 0.5) is 13.2 Å². The molecule has 1 unspecified atom stereocenters. The van der Waals surface area contributed by atoms with E-state index in [1.165, 1.54) is 18.2 Å². The van der Waals surface area contributed by atoms with Gasteiger partial charge in [0.2, 0.25) is 0 Å². The molecule has 1 atom stereocenters. The number of alkyl halides is 3. The van der Waals surface area contributed by atoms with Crippen molar-refractivity contribution in [1.29, 1.82) is 0 Å². The SMILES string of the molecule is CCC(C)NC(=O)COc1ccccc1C(F)(F)F. The summed E-state index contributed by atoms with van der Waals surface area (Å²) in [5.41, 5.74) is -0.883. The van der Waals surface area contributed by atoms with Crippen molar-refractivity contribution >= 4 is 5.91 Å². The topological polar surface area (TPSA) is 38.3 Å². The summed E-state index contributed by atoms with van der Waals surface area (Å²) >= 11 is 0. The Labute approximate surface area is 109 Å². The molecule has 0 aliphatic rings. The number of para-hydroxylation sites is 1. The van der Waals surface area contributed by atoms with Crippen LogP contribution in [0, 0.1) is 0 Å². The molecular weight excluding hydrogens is 259 g/mol. The highest BCUT2D eigenvalue weighted by Crippen LogP contribution is 2.35. The van der Waals surface area contributed by atoms with Crippen LogP contribution in [-0.4, -0.2) is 18.6 Å². The first-order valence-electron chi connectivity index (χ1n) is 5.93. The molecule has 0 heterocycles. The molecule has 0 fully saturated rings. The Balaban J connectivity index is 2.66. The van der Waals surface area contributed by atoms with E-state index in [4.69, 9.17) is 4.74 Å². The number of halogens is 3. The fourth-order valence-electron chi connectivity index (χ4n) is 1.39. The van der Waals surface area contributed by atoms with E-state index in [1.54, 1.807) is 0 Å². The maximum atomic E-state index is 12.7. The molecule has 1 aromatic carbocycles. The second-order valence-electron chi connectivity index (χ2n) is 4.16. The van der Waals surface area contributed by atoms with E-state index in [0.29, 0.717) is 0 Å². The summed E-state index contributed by atoms with van der Waals surface area (Å²) in [5, 5.41) is 2.61. The van der Waals surface area contributed by atoms with Gasteiger partial charge in [0.25, 0.3) is 5.91 Å². The molecule has 1 aromatic rings. The van der Waals surface area contributed by atoms with Crippen molar-refractivity contribution in [1.82, 2.24) is 5.32 Å². The van der Waals surface area contributed by atoms with E-state index >= 15 is 0 Å². The average Bonchev–Trinajstić information content (AvgIpc) is 2.35. The van der Waals surface area contributed by atoms with E-state index in [9.17, 15) is 18.0 Å². The summed E-state index contributed by atoms with van der Waals surface area (Å²) in [4.78, 5) is 11.4. The summed E-state index contributed by atoms with van der Waals surface area (Å²) in [6.45, 7) is 3.27. The molecule has 0 aliphatic heterocycles. The zero-order chi connectivity index (χ0) is 14.5. The van der Waals surface area contributed by atoms with Gasteiger partial charge in [-0.1, -0.05) is 19.1 Å². The van der Waals surface area contributed by atoms with Gasteiger partial charge in [0.05, 0.1) is 5.56 Å². The molecule has 6 heteroatoms. The van der Waals surface area contributed by atoms with Gasteiger partial charge in [0.1, 0.15) is 5.75 Å². The third-order valence-electron chi connectivity index (χ3n) is 2.57. The van der Waals surface area contributed by atoms with Crippen molar-refractivity contribution in [3.63, 3.8) is 0 Å². The van der Waals surface area contributed by atoms with E-state index in [0.717, 1.165) is 12.5 Å². The summed E-state index contributed by atoms with van der Waals surface area (Å²) in [5.74, 6) is -0.777. The Morgan fingerprint density at radius 3 is 2.58 bits per heavy atom. The normalized spacial score (nSPS) is 12.9. The van der Waals surface area contributed by atoms with Gasteiger partial charge in [-0.2, -0.15) is 13.2 Å². The number of hydrogen-bond donors (Lipinski definition) is 1. The fraction of sp³-hybridized carbons (Fsp3) is 0.462. The van der Waals surface area contributed by atoms with Crippen molar-refractivity contribution in [3.8, 4) is 5.75 Å². The largest absolute Gasteiger partial charge is 0.483 e. The van der Waals surface area contributed by atoms with Crippen molar-refractivity contribution in [2.45, 2.75) is 32.5 Å². The molecule has 0 saturated carbocycles. The molecule has 1 N–H and O–H groups in total. The van der Waals surface area contributed by atoms with Gasteiger partial charge >= 0.3 is 6.18 Å². The second kappa shape index (κ2) is 6.45. The Morgan fingerprint density at radius 1 is 1.37 bits per heavy atom. The third-order valence-corrected chi connectivity index (χ3v) is 2.57. The van der Waals surface area contributed by atoms with Crippen LogP contribution >= 0.6 is 0 Å². The minimum Gasteiger partial charge on any atom is -0.483 e. The van der Waals surface area contributed by atoms with Crippen LogP contribution in [-0.2, 0) is 11.0 Å². The fourth-order valence-corrected chi connectivity index (χ4v) is 1.39. The van der Waals surface area contributed by atoms with Crippen LogP contribution in [0.3, 0.4) is 0 Å². The Bertz CT molecular complexity index is 432. The molecule has 3 nitrogen and oxygen atoms in total. The van der Waals surface area contributed by atoms with Gasteiger partial charge in [-0.15, -0.1) is 0 Å². The minimum atomic E-state index is -4.50. The average molecular weight is 275 g/mol. The molecular formula is C13H16F3NO2. The highest BCUT2D eigenvalue weighted by atomic mass is 19.4. The molecule has 0 aromatic heterocycles. The highest BCUT2D eigenvalue weighted by Gasteiger charge is 2.34. The van der Waals surface area contributed by atoms with Crippen molar-refractivity contribution in [2.24, 2.45) is 0 Å². The minimum absolute atomic E-state index is 0.0334. The molecule has 106 valence electrons. The molecule has 0 saturated heterocycles. The van der Waals surface area contributed by atoms with Gasteiger partial charge < -0.3 is 10.1 Å². The zero-order valence-electron chi connectivity index (χ0n) is 10.8. The lowest BCUT2D eigenvalue weighted by Gasteiger charge is -2.15. The maximum absolute atomic E-state index is 12.7. The number of rotatable bonds is 5. The van der Waals surface area contributed by atoms with E-state index in [1.807, 2.05) is 13.8 Å². The molecule has 0 radical (unpaired) electrons. The van der Waals surface area contributed by atoms with E-state index < -0.39 is 24.3 Å². The molecule has 1 amide bonds. The van der Waals surface area contributed by atoms with Gasteiger partial charge in [0, 0.05) is 6.04 Å². The van der Waals surface area contributed by atoms with E-state index in [-0.39, 0.29) is 11.8 Å². The number of amides is 1. The quantitative estimate of drug-likeness (QED) is 0.897. The third kappa shape index (κ3) is 4.81. The van der Waals surface area contributed by atoms with Gasteiger partial charge in [-0.05, 0) is 25.5 Å². The van der Waals surface area contributed by atoms with Crippen LogP contribution in [0.1, 0.15) is 25.8 Å². The lowest BCUT2D eigenvalue weighted by molar-refractivity contribution is -0.139. The first kappa shape index (κ1) is 15.3. The van der Waals surface area contributed by atoms with E-state index in [2.05, 4.69) is 5.32 Å². The Morgan fingerprint density at radius 2 is 2.00 bits per heavy atom. The predicted molar refractivity (Wildman–Crippen MR) is 64.8 cm³/mol. The Hall–Kier alpha value is -1.72. The van der Waals surface area contributed by atoms with Crippen LogP contribution in [0.25, 0.3) is 0 Å². The molecule has 0 bridgehead atoms. The molecule has 0 aliphatic carbocycles. The Kier molecular flexibility index (Phi) is 5.20. The number of hydrogen-bond acceptors (Lipinski definition) is 2. The monoisotopic (exact) mass is 275 g/mol. The molecule has 0 spiro atoms. The van der Waals surface area contributed by atoms with Crippen LogP contribution in [0.5, 0.6) is 5.75 Å². The number of nitrogens with one attached hydrogen (secondary N) is 1. The van der Waals surface area contributed by atoms with Crippen LogP contribution in [0.2, 0.25) is 0 Å². The summed E-state index contributed by atoms with van der Waals surface area (Å²) in [7, 11) is 0. The standard InChI is InChI=1S/C13H16F3NO2/c1-3-9(2)17-12(18)8-19-11-7-5-4-6-10(11)13(14,15)16/h4-7,9H,3,8H2,1-2H3,(H,17,18). The van der Waals surface area contributed by atoms with Crippen molar-refractivity contribution in [2.75, 3.05) is 6.61 Å². The molecule has 1 rings (SSSR count). The summed E-state index contributed by atoms with van der Waals surface area (Å²) in [6.07, 6.45) is -3.76. The van der Waals surface area contributed by atoms with Crippen molar-refractivity contribution in [3.05, 3.63) is 29.8 Å².